The van der Waals surface area contributed by atoms with Gasteiger partial charge >= 0.3 is 0 Å². The normalized spacial score (nSPS) is 11.1. The predicted molar refractivity (Wildman–Crippen MR) is 62.1 cm³/mol. The maximum atomic E-state index is 6.25. The Morgan fingerprint density at radius 2 is 2.00 bits per heavy atom. The molecule has 1 heterocycles. The van der Waals surface area contributed by atoms with E-state index in [0.717, 1.165) is 11.7 Å². The van der Waals surface area contributed by atoms with E-state index < -0.39 is 0 Å². The number of aromatic nitrogens is 1. The van der Waals surface area contributed by atoms with E-state index in [1.807, 2.05) is 0 Å². The van der Waals surface area contributed by atoms with Crippen molar-refractivity contribution in [1.29, 1.82) is 0 Å². The SMILES string of the molecule is CCn1c(Cl)c(C)c2cc(C)ccc21. The quantitative estimate of drug-likeness (QED) is 0.668. The topological polar surface area (TPSA) is 4.93 Å². The molecule has 2 heteroatoms. The molecular formula is C12H14ClN. The van der Waals surface area contributed by atoms with Gasteiger partial charge in [-0.05, 0) is 38.5 Å². The van der Waals surface area contributed by atoms with Gasteiger partial charge in [-0.25, -0.2) is 0 Å². The maximum absolute atomic E-state index is 6.25. The van der Waals surface area contributed by atoms with Crippen LogP contribution in [0.2, 0.25) is 5.15 Å². The van der Waals surface area contributed by atoms with Gasteiger partial charge in [0.15, 0.2) is 0 Å². The third-order valence-electron chi connectivity index (χ3n) is 2.71. The number of fused-ring (bicyclic) bond motifs is 1. The first-order valence-electron chi connectivity index (χ1n) is 4.90. The van der Waals surface area contributed by atoms with E-state index in [1.165, 1.54) is 22.0 Å². The Hall–Kier alpha value is -0.950. The van der Waals surface area contributed by atoms with Crippen LogP contribution in [0.3, 0.4) is 0 Å². The molecule has 0 N–H and O–H groups in total. The molecule has 0 aliphatic heterocycles. The summed E-state index contributed by atoms with van der Waals surface area (Å²) in [7, 11) is 0. The molecule has 0 radical (unpaired) electrons. The van der Waals surface area contributed by atoms with Crippen LogP contribution in [-0.2, 0) is 6.54 Å². The van der Waals surface area contributed by atoms with Crippen LogP contribution in [-0.4, -0.2) is 4.57 Å². The molecule has 0 amide bonds. The molecule has 1 nitrogen and oxygen atoms in total. The summed E-state index contributed by atoms with van der Waals surface area (Å²) in [6.45, 7) is 7.23. The largest absolute Gasteiger partial charge is 0.332 e. The van der Waals surface area contributed by atoms with E-state index in [4.69, 9.17) is 11.6 Å². The van der Waals surface area contributed by atoms with Crippen molar-refractivity contribution in [3.63, 3.8) is 0 Å². The highest BCUT2D eigenvalue weighted by Gasteiger charge is 2.10. The molecule has 14 heavy (non-hydrogen) atoms. The number of halogens is 1. The molecule has 2 rings (SSSR count). The lowest BCUT2D eigenvalue weighted by Gasteiger charge is -2.02. The highest BCUT2D eigenvalue weighted by molar-refractivity contribution is 6.32. The van der Waals surface area contributed by atoms with Gasteiger partial charge in [-0.15, -0.1) is 0 Å². The summed E-state index contributed by atoms with van der Waals surface area (Å²) < 4.78 is 2.14. The van der Waals surface area contributed by atoms with Crippen LogP contribution in [0.15, 0.2) is 18.2 Å². The van der Waals surface area contributed by atoms with Crippen molar-refractivity contribution in [2.24, 2.45) is 0 Å². The van der Waals surface area contributed by atoms with Crippen LogP contribution in [0.5, 0.6) is 0 Å². The zero-order valence-electron chi connectivity index (χ0n) is 8.76. The van der Waals surface area contributed by atoms with Gasteiger partial charge in [0, 0.05) is 17.4 Å². The summed E-state index contributed by atoms with van der Waals surface area (Å²) >= 11 is 6.25. The Morgan fingerprint density at radius 1 is 1.29 bits per heavy atom. The molecule has 2 aromatic rings. The maximum Gasteiger partial charge on any atom is 0.112 e. The van der Waals surface area contributed by atoms with Crippen LogP contribution in [0.1, 0.15) is 18.1 Å². The first-order valence-corrected chi connectivity index (χ1v) is 5.28. The van der Waals surface area contributed by atoms with Crippen molar-refractivity contribution in [3.05, 3.63) is 34.5 Å². The van der Waals surface area contributed by atoms with Crippen molar-refractivity contribution in [2.45, 2.75) is 27.3 Å². The average Bonchev–Trinajstić information content (AvgIpc) is 2.41. The van der Waals surface area contributed by atoms with E-state index in [2.05, 4.69) is 43.5 Å². The number of rotatable bonds is 1. The average molecular weight is 208 g/mol. The molecular weight excluding hydrogens is 194 g/mol. The molecule has 0 atom stereocenters. The first-order chi connectivity index (χ1) is 6.65. The summed E-state index contributed by atoms with van der Waals surface area (Å²) in [5, 5.41) is 2.14. The fourth-order valence-corrected chi connectivity index (χ4v) is 2.23. The molecule has 0 aliphatic carbocycles. The van der Waals surface area contributed by atoms with E-state index in [0.29, 0.717) is 0 Å². The molecule has 1 aromatic heterocycles. The zero-order valence-corrected chi connectivity index (χ0v) is 9.52. The lowest BCUT2D eigenvalue weighted by Crippen LogP contribution is -1.92. The van der Waals surface area contributed by atoms with Gasteiger partial charge in [0.25, 0.3) is 0 Å². The molecule has 1 aromatic carbocycles. The van der Waals surface area contributed by atoms with Crippen LogP contribution in [0.25, 0.3) is 10.9 Å². The van der Waals surface area contributed by atoms with E-state index in [9.17, 15) is 0 Å². The molecule has 0 aliphatic rings. The molecule has 74 valence electrons. The third-order valence-corrected chi connectivity index (χ3v) is 3.20. The van der Waals surface area contributed by atoms with Crippen molar-refractivity contribution < 1.29 is 0 Å². The number of aryl methyl sites for hydroxylation is 3. The highest BCUT2D eigenvalue weighted by atomic mass is 35.5. The second kappa shape index (κ2) is 3.32. The van der Waals surface area contributed by atoms with Crippen LogP contribution < -0.4 is 0 Å². The number of benzene rings is 1. The Morgan fingerprint density at radius 3 is 2.64 bits per heavy atom. The zero-order chi connectivity index (χ0) is 10.3. The summed E-state index contributed by atoms with van der Waals surface area (Å²) in [5.74, 6) is 0. The standard InChI is InChI=1S/C12H14ClN/c1-4-14-11-6-5-8(2)7-10(11)9(3)12(14)13/h5-7H,4H2,1-3H3. The Labute approximate surface area is 89.3 Å². The van der Waals surface area contributed by atoms with Crippen molar-refractivity contribution in [2.75, 3.05) is 0 Å². The van der Waals surface area contributed by atoms with Gasteiger partial charge in [0.1, 0.15) is 5.15 Å². The third kappa shape index (κ3) is 1.24. The van der Waals surface area contributed by atoms with Gasteiger partial charge in [0.2, 0.25) is 0 Å². The number of hydrogen-bond donors (Lipinski definition) is 0. The van der Waals surface area contributed by atoms with Crippen LogP contribution >= 0.6 is 11.6 Å². The molecule has 0 spiro atoms. The second-order valence-electron chi connectivity index (χ2n) is 3.68. The fourth-order valence-electron chi connectivity index (χ4n) is 1.91. The summed E-state index contributed by atoms with van der Waals surface area (Å²) in [5.41, 5.74) is 3.71. The highest BCUT2D eigenvalue weighted by Crippen LogP contribution is 2.29. The van der Waals surface area contributed by atoms with Crippen molar-refractivity contribution in [3.8, 4) is 0 Å². The van der Waals surface area contributed by atoms with Gasteiger partial charge < -0.3 is 4.57 Å². The van der Waals surface area contributed by atoms with E-state index in [-0.39, 0.29) is 0 Å². The summed E-state index contributed by atoms with van der Waals surface area (Å²) in [6.07, 6.45) is 0. The number of nitrogens with zero attached hydrogens (tertiary/aromatic N) is 1. The van der Waals surface area contributed by atoms with Gasteiger partial charge in [-0.1, -0.05) is 23.2 Å². The smallest absolute Gasteiger partial charge is 0.112 e. The Balaban J connectivity index is 2.88. The van der Waals surface area contributed by atoms with Gasteiger partial charge in [0.05, 0.1) is 0 Å². The lowest BCUT2D eigenvalue weighted by molar-refractivity contribution is 0.796. The van der Waals surface area contributed by atoms with Crippen LogP contribution in [0, 0.1) is 13.8 Å². The van der Waals surface area contributed by atoms with Crippen molar-refractivity contribution >= 4 is 22.5 Å². The van der Waals surface area contributed by atoms with Gasteiger partial charge in [-0.2, -0.15) is 0 Å². The number of hydrogen-bond acceptors (Lipinski definition) is 0. The fraction of sp³-hybridized carbons (Fsp3) is 0.333. The lowest BCUT2D eigenvalue weighted by atomic mass is 10.1. The Bertz CT molecular complexity index is 483. The Kier molecular flexibility index (Phi) is 2.28. The predicted octanol–water partition coefficient (Wildman–Crippen LogP) is 3.93. The summed E-state index contributed by atoms with van der Waals surface area (Å²) in [4.78, 5) is 0. The van der Waals surface area contributed by atoms with E-state index >= 15 is 0 Å². The minimum atomic E-state index is 0.869. The molecule has 0 bridgehead atoms. The van der Waals surface area contributed by atoms with Crippen molar-refractivity contribution in [1.82, 2.24) is 4.57 Å². The molecule has 0 fully saturated rings. The van der Waals surface area contributed by atoms with Gasteiger partial charge in [-0.3, -0.25) is 0 Å². The molecule has 0 unspecified atom stereocenters. The second-order valence-corrected chi connectivity index (χ2v) is 4.04. The minimum absolute atomic E-state index is 0.869. The van der Waals surface area contributed by atoms with Crippen LogP contribution in [0.4, 0.5) is 0 Å². The summed E-state index contributed by atoms with van der Waals surface area (Å²) in [6, 6.07) is 6.47. The monoisotopic (exact) mass is 207 g/mol. The molecule has 0 saturated carbocycles. The van der Waals surface area contributed by atoms with E-state index in [1.54, 1.807) is 0 Å². The minimum Gasteiger partial charge on any atom is -0.332 e. The first kappa shape index (κ1) is 9.60. The molecule has 0 saturated heterocycles.